The molecule has 0 aromatic heterocycles. The molecule has 2 rings (SSSR count). The van der Waals surface area contributed by atoms with Gasteiger partial charge in [0.25, 0.3) is 0 Å². The first-order valence-corrected chi connectivity index (χ1v) is 7.47. The zero-order valence-corrected chi connectivity index (χ0v) is 13.8. The third kappa shape index (κ3) is 3.40. The predicted molar refractivity (Wildman–Crippen MR) is 81.9 cm³/mol. The van der Waals surface area contributed by atoms with E-state index in [4.69, 9.17) is 4.74 Å². The molecule has 1 unspecified atom stereocenters. The number of aliphatic hydroxyl groups excluding tert-OH is 1. The van der Waals surface area contributed by atoms with E-state index >= 15 is 0 Å². The lowest BCUT2D eigenvalue weighted by Crippen LogP contribution is -2.67. The zero-order valence-electron chi connectivity index (χ0n) is 13.8. The fourth-order valence-corrected chi connectivity index (χ4v) is 2.90. The summed E-state index contributed by atoms with van der Waals surface area (Å²) >= 11 is 0. The monoisotopic (exact) mass is 309 g/mol. The Bertz CT molecular complexity index is 565. The van der Waals surface area contributed by atoms with Crippen LogP contribution in [0.5, 0.6) is 0 Å². The van der Waals surface area contributed by atoms with Crippen molar-refractivity contribution >= 4 is 6.09 Å². The van der Waals surface area contributed by atoms with E-state index < -0.39 is 29.7 Å². The number of carbonyl (C=O) groups is 1. The number of hydrogen-bond acceptors (Lipinski definition) is 3. The maximum Gasteiger partial charge on any atom is 0.411 e. The van der Waals surface area contributed by atoms with Gasteiger partial charge in [0.05, 0.1) is 12.1 Å². The van der Waals surface area contributed by atoms with Crippen LogP contribution < -0.4 is 0 Å². The zero-order chi connectivity index (χ0) is 16.7. The second kappa shape index (κ2) is 5.54. The number of rotatable bonds is 2. The number of amides is 1. The average molecular weight is 309 g/mol. The fourth-order valence-electron chi connectivity index (χ4n) is 2.90. The molecule has 0 aliphatic carbocycles. The molecule has 1 saturated heterocycles. The second-order valence-electron chi connectivity index (χ2n) is 7.43. The Morgan fingerprint density at radius 1 is 1.45 bits per heavy atom. The third-order valence-electron chi connectivity index (χ3n) is 3.84. The molecule has 1 N–H and O–H groups in total. The summed E-state index contributed by atoms with van der Waals surface area (Å²) in [6.45, 7) is 9.25. The Kier molecular flexibility index (Phi) is 4.22. The molecule has 2 atom stereocenters. The van der Waals surface area contributed by atoms with E-state index in [-0.39, 0.29) is 5.54 Å². The van der Waals surface area contributed by atoms with Crippen LogP contribution in [0.1, 0.15) is 52.7 Å². The average Bonchev–Trinajstić information content (AvgIpc) is 2.33. The van der Waals surface area contributed by atoms with Gasteiger partial charge < -0.3 is 9.84 Å². The summed E-state index contributed by atoms with van der Waals surface area (Å²) in [7, 11) is 0. The summed E-state index contributed by atoms with van der Waals surface area (Å²) < 4.78 is 18.7. The van der Waals surface area contributed by atoms with Crippen molar-refractivity contribution in [2.75, 3.05) is 0 Å². The van der Waals surface area contributed by atoms with E-state index in [1.165, 1.54) is 12.1 Å². The van der Waals surface area contributed by atoms with Crippen LogP contribution in [0, 0.1) is 5.82 Å². The molecule has 0 saturated carbocycles. The van der Waals surface area contributed by atoms with Gasteiger partial charge in [-0.25, -0.2) is 9.18 Å². The van der Waals surface area contributed by atoms with E-state index in [1.807, 2.05) is 13.8 Å². The topological polar surface area (TPSA) is 49.8 Å². The van der Waals surface area contributed by atoms with E-state index in [0.29, 0.717) is 12.0 Å². The second-order valence-corrected chi connectivity index (χ2v) is 7.43. The Morgan fingerprint density at radius 3 is 2.59 bits per heavy atom. The molecular weight excluding hydrogens is 285 g/mol. The minimum Gasteiger partial charge on any atom is -0.444 e. The Balaban J connectivity index is 2.19. The number of carbonyl (C=O) groups excluding carboxylic acids is 1. The van der Waals surface area contributed by atoms with Crippen LogP contribution >= 0.6 is 0 Å². The molecule has 22 heavy (non-hydrogen) atoms. The standard InChI is InChI=1S/C17H24FNO3/c1-16(2,3)22-15(21)19-13(10-17(19,4)5)14(20)11-7-6-8-12(18)9-11/h6-9,13-14,20H,10H2,1-5H3/t13?,14-/m1/s1. The maximum atomic E-state index is 13.3. The fraction of sp³-hybridized carbons (Fsp3) is 0.588. The molecule has 5 heteroatoms. The van der Waals surface area contributed by atoms with E-state index in [9.17, 15) is 14.3 Å². The highest BCUT2D eigenvalue weighted by Gasteiger charge is 2.52. The van der Waals surface area contributed by atoms with Crippen LogP contribution in [0.3, 0.4) is 0 Å². The maximum absolute atomic E-state index is 13.3. The number of likely N-dealkylation sites (tertiary alicyclic amines) is 1. The summed E-state index contributed by atoms with van der Waals surface area (Å²) in [6, 6.07) is 5.42. The van der Waals surface area contributed by atoms with E-state index in [1.54, 1.807) is 37.8 Å². The lowest BCUT2D eigenvalue weighted by atomic mass is 9.77. The Labute approximate surface area is 130 Å². The molecule has 1 aromatic carbocycles. The van der Waals surface area contributed by atoms with Crippen molar-refractivity contribution < 1.29 is 19.0 Å². The molecule has 4 nitrogen and oxygen atoms in total. The molecule has 0 bridgehead atoms. The van der Waals surface area contributed by atoms with Crippen LogP contribution in [0.15, 0.2) is 24.3 Å². The Hall–Kier alpha value is -1.62. The molecule has 0 radical (unpaired) electrons. The van der Waals surface area contributed by atoms with Crippen molar-refractivity contribution in [1.82, 2.24) is 4.90 Å². The van der Waals surface area contributed by atoms with Gasteiger partial charge in [0.1, 0.15) is 11.4 Å². The number of nitrogens with zero attached hydrogens (tertiary/aromatic N) is 1. The van der Waals surface area contributed by atoms with Gasteiger partial charge in [-0.05, 0) is 58.7 Å². The first kappa shape index (κ1) is 16.7. The SMILES string of the molecule is CC(C)(C)OC(=O)N1C([C@H](O)c2cccc(F)c2)CC1(C)C. The minimum atomic E-state index is -0.934. The lowest BCUT2D eigenvalue weighted by molar-refractivity contribution is -0.105. The molecule has 1 amide bonds. The number of hydrogen-bond donors (Lipinski definition) is 1. The van der Waals surface area contributed by atoms with Gasteiger partial charge in [-0.1, -0.05) is 12.1 Å². The Morgan fingerprint density at radius 2 is 2.09 bits per heavy atom. The summed E-state index contributed by atoms with van der Waals surface area (Å²) in [5, 5.41) is 10.5. The summed E-state index contributed by atoms with van der Waals surface area (Å²) in [5.74, 6) is -0.404. The number of ether oxygens (including phenoxy) is 1. The normalized spacial score (nSPS) is 22.0. The van der Waals surface area contributed by atoms with Crippen LogP contribution in [-0.4, -0.2) is 33.3 Å². The van der Waals surface area contributed by atoms with Crippen molar-refractivity contribution in [1.29, 1.82) is 0 Å². The highest BCUT2D eigenvalue weighted by atomic mass is 19.1. The number of benzene rings is 1. The van der Waals surface area contributed by atoms with Gasteiger partial charge in [-0.15, -0.1) is 0 Å². The lowest BCUT2D eigenvalue weighted by Gasteiger charge is -2.56. The summed E-state index contributed by atoms with van der Waals surface area (Å²) in [5.41, 5.74) is -0.521. The molecule has 1 aliphatic heterocycles. The minimum absolute atomic E-state index is 0.388. The molecule has 1 aliphatic rings. The molecule has 1 aromatic rings. The predicted octanol–water partition coefficient (Wildman–Crippen LogP) is 3.65. The quantitative estimate of drug-likeness (QED) is 0.907. The van der Waals surface area contributed by atoms with Crippen molar-refractivity contribution in [3.63, 3.8) is 0 Å². The van der Waals surface area contributed by atoms with Gasteiger partial charge in [-0.2, -0.15) is 0 Å². The first-order chi connectivity index (χ1) is 10.0. The molecule has 1 heterocycles. The van der Waals surface area contributed by atoms with Gasteiger partial charge in [0, 0.05) is 5.54 Å². The molecule has 122 valence electrons. The first-order valence-electron chi connectivity index (χ1n) is 7.47. The van der Waals surface area contributed by atoms with Crippen molar-refractivity contribution in [3.8, 4) is 0 Å². The van der Waals surface area contributed by atoms with Crippen LogP contribution in [-0.2, 0) is 4.74 Å². The van der Waals surface area contributed by atoms with Crippen molar-refractivity contribution in [3.05, 3.63) is 35.6 Å². The summed E-state index contributed by atoms with van der Waals surface area (Å²) in [6.07, 6.45) is -0.760. The van der Waals surface area contributed by atoms with Crippen LogP contribution in [0.4, 0.5) is 9.18 Å². The smallest absolute Gasteiger partial charge is 0.411 e. The van der Waals surface area contributed by atoms with Gasteiger partial charge in [0.15, 0.2) is 0 Å². The van der Waals surface area contributed by atoms with E-state index in [0.717, 1.165) is 0 Å². The number of aliphatic hydroxyl groups is 1. The summed E-state index contributed by atoms with van der Waals surface area (Å²) in [4.78, 5) is 13.9. The molecule has 0 spiro atoms. The molecule has 1 fully saturated rings. The largest absolute Gasteiger partial charge is 0.444 e. The van der Waals surface area contributed by atoms with E-state index in [2.05, 4.69) is 0 Å². The number of halogens is 1. The molecular formula is C17H24FNO3. The van der Waals surface area contributed by atoms with Crippen molar-refractivity contribution in [2.45, 2.75) is 64.3 Å². The van der Waals surface area contributed by atoms with Gasteiger partial charge >= 0.3 is 6.09 Å². The van der Waals surface area contributed by atoms with Crippen LogP contribution in [0.2, 0.25) is 0 Å². The van der Waals surface area contributed by atoms with Gasteiger partial charge in [-0.3, -0.25) is 4.90 Å². The van der Waals surface area contributed by atoms with Crippen molar-refractivity contribution in [2.24, 2.45) is 0 Å². The van der Waals surface area contributed by atoms with Gasteiger partial charge in [0.2, 0.25) is 0 Å². The highest BCUT2D eigenvalue weighted by Crippen LogP contribution is 2.43. The highest BCUT2D eigenvalue weighted by molar-refractivity contribution is 5.71. The van der Waals surface area contributed by atoms with Crippen LogP contribution in [0.25, 0.3) is 0 Å². The third-order valence-corrected chi connectivity index (χ3v) is 3.84.